The summed E-state index contributed by atoms with van der Waals surface area (Å²) in [5.41, 5.74) is -1.07. The predicted octanol–water partition coefficient (Wildman–Crippen LogP) is 3.18. The van der Waals surface area contributed by atoms with Crippen LogP contribution < -0.4 is 10.9 Å². The number of aromatic nitrogens is 1. The van der Waals surface area contributed by atoms with Gasteiger partial charge in [0.25, 0.3) is 5.91 Å². The maximum Gasteiger partial charge on any atom is 0.370 e. The van der Waals surface area contributed by atoms with Gasteiger partial charge in [-0.15, -0.1) is 0 Å². The van der Waals surface area contributed by atoms with E-state index in [0.29, 0.717) is 5.56 Å². The van der Waals surface area contributed by atoms with Gasteiger partial charge in [-0.2, -0.15) is 0 Å². The molecule has 0 spiro atoms. The lowest BCUT2D eigenvalue weighted by Crippen LogP contribution is -2.20. The van der Waals surface area contributed by atoms with Crippen molar-refractivity contribution in [2.75, 3.05) is 5.32 Å². The third-order valence-corrected chi connectivity index (χ3v) is 3.45. The largest absolute Gasteiger partial charge is 0.370 e. The molecule has 1 N–H and O–H groups in total. The maximum atomic E-state index is 13.7. The van der Waals surface area contributed by atoms with E-state index in [4.69, 9.17) is 4.52 Å². The summed E-state index contributed by atoms with van der Waals surface area (Å²) in [6.07, 6.45) is 0. The molecule has 0 aliphatic heterocycles. The van der Waals surface area contributed by atoms with Gasteiger partial charge in [0.05, 0.1) is 0 Å². The van der Waals surface area contributed by atoms with E-state index in [0.717, 1.165) is 16.9 Å². The lowest BCUT2D eigenvalue weighted by atomic mass is 10.1. The first-order valence-corrected chi connectivity index (χ1v) is 7.00. The molecule has 0 aliphatic rings. The molecule has 0 radical (unpaired) electrons. The molecule has 0 fully saturated rings. The number of anilines is 1. The molecule has 0 aliphatic carbocycles. The van der Waals surface area contributed by atoms with Gasteiger partial charge in [0, 0.05) is 12.6 Å². The van der Waals surface area contributed by atoms with Crippen molar-refractivity contribution in [1.82, 2.24) is 4.74 Å². The van der Waals surface area contributed by atoms with E-state index in [1.54, 1.807) is 30.3 Å². The molecule has 0 saturated heterocycles. The Balaban J connectivity index is 2.07. The van der Waals surface area contributed by atoms with Gasteiger partial charge in [-0.3, -0.25) is 4.79 Å². The quantitative estimate of drug-likeness (QED) is 0.802. The van der Waals surface area contributed by atoms with Crippen LogP contribution in [-0.2, 0) is 7.05 Å². The summed E-state index contributed by atoms with van der Waals surface area (Å²) in [5, 5.41) is 2.10. The second-order valence-electron chi connectivity index (χ2n) is 5.02. The molecule has 0 bridgehead atoms. The summed E-state index contributed by atoms with van der Waals surface area (Å²) in [6.45, 7) is 0. The second-order valence-corrected chi connectivity index (χ2v) is 5.02. The minimum Gasteiger partial charge on any atom is -0.335 e. The molecule has 0 unspecified atom stereocenters. The number of para-hydroxylation sites is 1. The first-order valence-electron chi connectivity index (χ1n) is 7.00. The van der Waals surface area contributed by atoms with Crippen molar-refractivity contribution in [2.45, 2.75) is 0 Å². The van der Waals surface area contributed by atoms with Gasteiger partial charge >= 0.3 is 5.63 Å². The smallest absolute Gasteiger partial charge is 0.335 e. The van der Waals surface area contributed by atoms with Gasteiger partial charge in [0.2, 0.25) is 0 Å². The molecule has 1 heterocycles. The highest BCUT2D eigenvalue weighted by Gasteiger charge is 2.25. The summed E-state index contributed by atoms with van der Waals surface area (Å²) in [7, 11) is 1.46. The van der Waals surface area contributed by atoms with Gasteiger partial charge in [-0.1, -0.05) is 36.4 Å². The van der Waals surface area contributed by atoms with Crippen LogP contribution >= 0.6 is 0 Å². The fraction of sp³-hybridized carbons (Fsp3) is 0.0588. The van der Waals surface area contributed by atoms with Crippen LogP contribution in [0.3, 0.4) is 0 Å². The zero-order chi connectivity index (χ0) is 17.3. The highest BCUT2D eigenvalue weighted by atomic mass is 19.1. The van der Waals surface area contributed by atoms with E-state index in [9.17, 15) is 18.4 Å². The molecule has 122 valence electrons. The average Bonchev–Trinajstić information content (AvgIpc) is 2.86. The average molecular weight is 330 g/mol. The molecule has 5 nitrogen and oxygen atoms in total. The number of halogens is 2. The van der Waals surface area contributed by atoms with E-state index in [1.165, 1.54) is 13.1 Å². The Hall–Kier alpha value is -3.22. The molecule has 3 rings (SSSR count). The van der Waals surface area contributed by atoms with E-state index in [1.807, 2.05) is 0 Å². The van der Waals surface area contributed by atoms with E-state index >= 15 is 0 Å². The Kier molecular flexibility index (Phi) is 3.99. The highest BCUT2D eigenvalue weighted by Crippen LogP contribution is 2.24. The first-order chi connectivity index (χ1) is 11.5. The van der Waals surface area contributed by atoms with Crippen LogP contribution in [0.5, 0.6) is 0 Å². The second kappa shape index (κ2) is 6.11. The molecule has 1 amide bonds. The molecular formula is C17H12F2N2O3. The molecular weight excluding hydrogens is 318 g/mol. The standard InChI is InChI=1S/C17H12F2N2O3/c1-21-15(10-6-3-2-4-7-10)13(17(23)24-21)16(22)20-14-11(18)8-5-9-12(14)19/h2-9H,1H3,(H,20,22). The molecule has 24 heavy (non-hydrogen) atoms. The van der Waals surface area contributed by atoms with Crippen LogP contribution in [0, 0.1) is 11.6 Å². The zero-order valence-corrected chi connectivity index (χ0v) is 12.5. The number of carbonyl (C=O) groups is 1. The minimum atomic E-state index is -0.952. The minimum absolute atomic E-state index is 0.217. The van der Waals surface area contributed by atoms with E-state index in [2.05, 4.69) is 5.32 Å². The molecule has 3 aromatic rings. The van der Waals surface area contributed by atoms with Crippen molar-refractivity contribution >= 4 is 11.6 Å². The van der Waals surface area contributed by atoms with Crippen LogP contribution in [0.4, 0.5) is 14.5 Å². The molecule has 7 heteroatoms. The SMILES string of the molecule is Cn1oc(=O)c(C(=O)Nc2c(F)cccc2F)c1-c1ccccc1. The van der Waals surface area contributed by atoms with Gasteiger partial charge in [-0.05, 0) is 12.1 Å². The van der Waals surface area contributed by atoms with Crippen LogP contribution in [0.2, 0.25) is 0 Å². The third kappa shape index (κ3) is 2.71. The highest BCUT2D eigenvalue weighted by molar-refractivity contribution is 6.08. The number of amides is 1. The number of aryl methyl sites for hydroxylation is 1. The van der Waals surface area contributed by atoms with Gasteiger partial charge < -0.3 is 9.84 Å². The van der Waals surface area contributed by atoms with E-state index in [-0.39, 0.29) is 11.3 Å². The Morgan fingerprint density at radius 1 is 1.04 bits per heavy atom. The molecule has 2 aromatic carbocycles. The predicted molar refractivity (Wildman–Crippen MR) is 83.7 cm³/mol. The lowest BCUT2D eigenvalue weighted by molar-refractivity contribution is 0.102. The lowest BCUT2D eigenvalue weighted by Gasteiger charge is -2.08. The van der Waals surface area contributed by atoms with Gasteiger partial charge in [0.15, 0.2) is 5.56 Å². The Bertz CT molecular complexity index is 941. The summed E-state index contributed by atoms with van der Waals surface area (Å²) < 4.78 is 33.5. The monoisotopic (exact) mass is 330 g/mol. The number of nitrogens with zero attached hydrogens (tertiary/aromatic N) is 1. The van der Waals surface area contributed by atoms with Gasteiger partial charge in [0.1, 0.15) is 23.0 Å². The van der Waals surface area contributed by atoms with Crippen molar-refractivity contribution in [1.29, 1.82) is 0 Å². The topological polar surface area (TPSA) is 64.2 Å². The van der Waals surface area contributed by atoms with Crippen molar-refractivity contribution < 1.29 is 18.1 Å². The van der Waals surface area contributed by atoms with Crippen molar-refractivity contribution in [3.63, 3.8) is 0 Å². The number of hydrogen-bond donors (Lipinski definition) is 1. The normalized spacial score (nSPS) is 10.6. The Morgan fingerprint density at radius 3 is 2.29 bits per heavy atom. The summed E-state index contributed by atoms with van der Waals surface area (Å²) in [6, 6.07) is 11.8. The number of nitrogens with one attached hydrogen (secondary N) is 1. The van der Waals surface area contributed by atoms with Crippen LogP contribution in [0.1, 0.15) is 10.4 Å². The number of hydrogen-bond acceptors (Lipinski definition) is 3. The Morgan fingerprint density at radius 2 is 1.67 bits per heavy atom. The van der Waals surface area contributed by atoms with Crippen molar-refractivity contribution in [3.05, 3.63) is 76.1 Å². The number of carbonyl (C=O) groups excluding carboxylic acids is 1. The van der Waals surface area contributed by atoms with Crippen LogP contribution in [0.15, 0.2) is 57.8 Å². The summed E-state index contributed by atoms with van der Waals surface area (Å²) in [5.74, 6) is -2.83. The third-order valence-electron chi connectivity index (χ3n) is 3.45. The number of rotatable bonds is 3. The Labute approximate surface area is 135 Å². The maximum absolute atomic E-state index is 13.7. The van der Waals surface area contributed by atoms with Crippen molar-refractivity contribution in [3.8, 4) is 11.3 Å². The fourth-order valence-electron chi connectivity index (χ4n) is 2.39. The molecule has 0 saturated carbocycles. The first kappa shape index (κ1) is 15.7. The number of benzene rings is 2. The fourth-order valence-corrected chi connectivity index (χ4v) is 2.39. The van der Waals surface area contributed by atoms with Crippen LogP contribution in [-0.4, -0.2) is 10.6 Å². The molecule has 1 aromatic heterocycles. The van der Waals surface area contributed by atoms with Gasteiger partial charge in [-0.25, -0.2) is 18.3 Å². The van der Waals surface area contributed by atoms with Crippen LogP contribution in [0.25, 0.3) is 11.3 Å². The summed E-state index contributed by atoms with van der Waals surface area (Å²) >= 11 is 0. The zero-order valence-electron chi connectivity index (χ0n) is 12.5. The van der Waals surface area contributed by atoms with E-state index < -0.39 is 28.9 Å². The molecule has 0 atom stereocenters. The van der Waals surface area contributed by atoms with Crippen molar-refractivity contribution in [2.24, 2.45) is 7.05 Å². The summed E-state index contributed by atoms with van der Waals surface area (Å²) in [4.78, 5) is 24.4.